The first-order valence-electron chi connectivity index (χ1n) is 7.05. The van der Waals surface area contributed by atoms with Crippen molar-refractivity contribution in [2.45, 2.75) is 22.0 Å². The van der Waals surface area contributed by atoms with Crippen LogP contribution in [-0.4, -0.2) is 34.4 Å². The zero-order valence-electron chi connectivity index (χ0n) is 12.1. The second-order valence-corrected chi connectivity index (χ2v) is 6.30. The molecule has 0 aliphatic carbocycles. The number of hydrogen-bond donors (Lipinski definition) is 3. The van der Waals surface area contributed by atoms with Crippen molar-refractivity contribution in [3.8, 4) is 11.5 Å². The Balaban J connectivity index is 1.82. The van der Waals surface area contributed by atoms with Gasteiger partial charge in [-0.3, -0.25) is 0 Å². The number of aliphatic hydroxyl groups is 2. The SMILES string of the molecule is O=C1Oc2ccc3c(c2OC(=O)C(O)C1O)Nc1ccccc1S3. The Morgan fingerprint density at radius 1 is 0.917 bits per heavy atom. The van der Waals surface area contributed by atoms with E-state index in [1.807, 2.05) is 24.3 Å². The molecular weight excluding hydrogens is 334 g/mol. The van der Waals surface area contributed by atoms with Crippen molar-refractivity contribution in [2.75, 3.05) is 5.32 Å². The maximum atomic E-state index is 11.9. The third-order valence-corrected chi connectivity index (χ3v) is 4.78. The van der Waals surface area contributed by atoms with Crippen LogP contribution in [0.15, 0.2) is 46.2 Å². The number of aliphatic hydroxyl groups excluding tert-OH is 2. The number of carbonyl (C=O) groups is 2. The van der Waals surface area contributed by atoms with E-state index in [1.165, 1.54) is 17.8 Å². The molecule has 2 atom stereocenters. The molecule has 8 heteroatoms. The van der Waals surface area contributed by atoms with E-state index in [4.69, 9.17) is 9.47 Å². The Bertz CT molecular complexity index is 868. The monoisotopic (exact) mass is 345 g/mol. The number of esters is 2. The third-order valence-electron chi connectivity index (χ3n) is 3.65. The first-order chi connectivity index (χ1) is 11.5. The molecule has 2 aromatic rings. The number of para-hydroxylation sites is 1. The average molecular weight is 345 g/mol. The molecule has 24 heavy (non-hydrogen) atoms. The van der Waals surface area contributed by atoms with Crippen LogP contribution >= 0.6 is 11.8 Å². The summed E-state index contributed by atoms with van der Waals surface area (Å²) in [5.41, 5.74) is 1.27. The van der Waals surface area contributed by atoms with Crippen molar-refractivity contribution < 1.29 is 29.3 Å². The lowest BCUT2D eigenvalue weighted by Gasteiger charge is -2.26. The summed E-state index contributed by atoms with van der Waals surface area (Å²) in [5, 5.41) is 22.4. The molecule has 7 nitrogen and oxygen atoms in total. The number of anilines is 2. The average Bonchev–Trinajstić information content (AvgIpc) is 2.60. The summed E-state index contributed by atoms with van der Waals surface area (Å²) in [4.78, 5) is 25.5. The summed E-state index contributed by atoms with van der Waals surface area (Å²) in [6.45, 7) is 0. The zero-order chi connectivity index (χ0) is 16.8. The summed E-state index contributed by atoms with van der Waals surface area (Å²) in [6.07, 6.45) is -4.00. The van der Waals surface area contributed by atoms with Gasteiger partial charge in [0.15, 0.2) is 23.7 Å². The second kappa shape index (κ2) is 5.52. The molecule has 2 unspecified atom stereocenters. The Labute approximate surface area is 140 Å². The number of nitrogens with one attached hydrogen (secondary N) is 1. The van der Waals surface area contributed by atoms with Gasteiger partial charge in [0.1, 0.15) is 5.69 Å². The molecule has 2 aromatic carbocycles. The molecule has 122 valence electrons. The molecule has 0 spiro atoms. The summed E-state index contributed by atoms with van der Waals surface area (Å²) in [6, 6.07) is 10.8. The van der Waals surface area contributed by atoms with E-state index < -0.39 is 24.1 Å². The van der Waals surface area contributed by atoms with Crippen molar-refractivity contribution in [3.63, 3.8) is 0 Å². The van der Waals surface area contributed by atoms with Gasteiger partial charge in [0, 0.05) is 9.79 Å². The van der Waals surface area contributed by atoms with Gasteiger partial charge in [-0.05, 0) is 24.3 Å². The van der Waals surface area contributed by atoms with Crippen LogP contribution in [0.2, 0.25) is 0 Å². The van der Waals surface area contributed by atoms with E-state index in [9.17, 15) is 19.8 Å². The molecule has 0 fully saturated rings. The van der Waals surface area contributed by atoms with Gasteiger partial charge in [-0.15, -0.1) is 0 Å². The quantitative estimate of drug-likeness (QED) is 0.415. The first-order valence-corrected chi connectivity index (χ1v) is 7.86. The summed E-state index contributed by atoms with van der Waals surface area (Å²) >= 11 is 1.46. The Hall–Kier alpha value is -2.55. The van der Waals surface area contributed by atoms with Crippen molar-refractivity contribution in [2.24, 2.45) is 0 Å². The molecule has 0 bridgehead atoms. The van der Waals surface area contributed by atoms with E-state index in [0.717, 1.165) is 15.5 Å². The molecule has 0 saturated carbocycles. The van der Waals surface area contributed by atoms with Gasteiger partial charge < -0.3 is 25.0 Å². The van der Waals surface area contributed by atoms with Gasteiger partial charge in [-0.25, -0.2) is 9.59 Å². The lowest BCUT2D eigenvalue weighted by atomic mass is 10.2. The van der Waals surface area contributed by atoms with E-state index in [2.05, 4.69) is 5.32 Å². The highest BCUT2D eigenvalue weighted by molar-refractivity contribution is 7.99. The maximum absolute atomic E-state index is 11.9. The van der Waals surface area contributed by atoms with E-state index in [0.29, 0.717) is 5.69 Å². The van der Waals surface area contributed by atoms with Crippen molar-refractivity contribution >= 4 is 35.1 Å². The summed E-state index contributed by atoms with van der Waals surface area (Å²) < 4.78 is 10.2. The Kier molecular flexibility index (Phi) is 3.45. The van der Waals surface area contributed by atoms with Crippen LogP contribution < -0.4 is 14.8 Å². The normalized spacial score (nSPS) is 21.9. The fourth-order valence-electron chi connectivity index (χ4n) is 2.43. The van der Waals surface area contributed by atoms with Crippen LogP contribution in [0.4, 0.5) is 11.4 Å². The number of carbonyl (C=O) groups excluding carboxylic acids is 2. The number of ether oxygens (including phenoxy) is 2. The molecule has 0 aromatic heterocycles. The highest BCUT2D eigenvalue weighted by Crippen LogP contribution is 2.51. The number of rotatable bonds is 0. The second-order valence-electron chi connectivity index (χ2n) is 5.22. The van der Waals surface area contributed by atoms with E-state index in [1.54, 1.807) is 6.07 Å². The highest BCUT2D eigenvalue weighted by Gasteiger charge is 2.38. The molecule has 3 N–H and O–H groups in total. The predicted molar refractivity (Wildman–Crippen MR) is 83.6 cm³/mol. The fraction of sp³-hybridized carbons (Fsp3) is 0.125. The minimum absolute atomic E-state index is 0.00111. The Morgan fingerprint density at radius 3 is 2.42 bits per heavy atom. The largest absolute Gasteiger partial charge is 0.420 e. The molecule has 4 rings (SSSR count). The van der Waals surface area contributed by atoms with Gasteiger partial charge in [0.2, 0.25) is 0 Å². The molecule has 0 amide bonds. The van der Waals surface area contributed by atoms with Crippen molar-refractivity contribution in [3.05, 3.63) is 36.4 Å². The van der Waals surface area contributed by atoms with E-state index >= 15 is 0 Å². The molecule has 2 heterocycles. The highest BCUT2D eigenvalue weighted by atomic mass is 32.2. The van der Waals surface area contributed by atoms with Crippen LogP contribution in [0.25, 0.3) is 0 Å². The van der Waals surface area contributed by atoms with Crippen molar-refractivity contribution in [1.82, 2.24) is 0 Å². The third kappa shape index (κ3) is 2.32. The van der Waals surface area contributed by atoms with Crippen molar-refractivity contribution in [1.29, 1.82) is 0 Å². The van der Waals surface area contributed by atoms with Gasteiger partial charge in [0.25, 0.3) is 0 Å². The first kappa shape index (κ1) is 15.0. The lowest BCUT2D eigenvalue weighted by molar-refractivity contribution is -0.164. The minimum atomic E-state index is -2.01. The molecule has 2 aliphatic rings. The summed E-state index contributed by atoms with van der Waals surface area (Å²) in [7, 11) is 0. The van der Waals surface area contributed by atoms with Crippen LogP contribution in [0.3, 0.4) is 0 Å². The van der Waals surface area contributed by atoms with Crippen LogP contribution in [-0.2, 0) is 9.59 Å². The number of fused-ring (bicyclic) bond motifs is 4. The topological polar surface area (TPSA) is 105 Å². The maximum Gasteiger partial charge on any atom is 0.343 e. The predicted octanol–water partition coefficient (Wildman–Crippen LogP) is 1.44. The Morgan fingerprint density at radius 2 is 1.62 bits per heavy atom. The van der Waals surface area contributed by atoms with Gasteiger partial charge in [-0.2, -0.15) is 0 Å². The molecule has 0 saturated heterocycles. The molecule has 0 radical (unpaired) electrons. The van der Waals surface area contributed by atoms with Crippen LogP contribution in [0.5, 0.6) is 11.5 Å². The van der Waals surface area contributed by atoms with E-state index in [-0.39, 0.29) is 11.5 Å². The zero-order valence-corrected chi connectivity index (χ0v) is 12.9. The smallest absolute Gasteiger partial charge is 0.343 e. The summed E-state index contributed by atoms with van der Waals surface area (Å²) in [5.74, 6) is -2.26. The van der Waals surface area contributed by atoms with Crippen LogP contribution in [0.1, 0.15) is 0 Å². The standard InChI is InChI=1S/C16H11NO6S/c18-12-13(19)16(21)23-14-8(22-15(12)20)5-6-10-11(14)17-7-3-1-2-4-9(7)24-10/h1-6,12-13,17-19H. The van der Waals surface area contributed by atoms with Crippen LogP contribution in [0, 0.1) is 0 Å². The molecule has 2 aliphatic heterocycles. The lowest BCUT2D eigenvalue weighted by Crippen LogP contribution is -2.45. The fourth-order valence-corrected chi connectivity index (χ4v) is 3.42. The number of hydrogen-bond acceptors (Lipinski definition) is 8. The van der Waals surface area contributed by atoms with Gasteiger partial charge >= 0.3 is 11.9 Å². The van der Waals surface area contributed by atoms with Gasteiger partial charge in [0.05, 0.1) is 5.69 Å². The number of benzene rings is 2. The minimum Gasteiger partial charge on any atom is -0.420 e. The molecular formula is C16H11NO6S. The van der Waals surface area contributed by atoms with Gasteiger partial charge in [-0.1, -0.05) is 23.9 Å².